The Labute approximate surface area is 130 Å². The maximum absolute atomic E-state index is 12.2. The van der Waals surface area contributed by atoms with Crippen molar-refractivity contribution in [1.82, 2.24) is 5.32 Å². The second-order valence-electron chi connectivity index (χ2n) is 4.70. The molecule has 20 heavy (non-hydrogen) atoms. The fourth-order valence-corrected chi connectivity index (χ4v) is 3.02. The Balaban J connectivity index is 0.00000200. The Hall–Kier alpha value is -1.10. The first kappa shape index (κ1) is 17.0. The van der Waals surface area contributed by atoms with Gasteiger partial charge in [0, 0.05) is 17.3 Å². The molecule has 1 atom stereocenters. The van der Waals surface area contributed by atoms with Crippen LogP contribution in [0.5, 0.6) is 0 Å². The number of fused-ring (bicyclic) bond motifs is 1. The van der Waals surface area contributed by atoms with Gasteiger partial charge in [0.25, 0.3) is 5.91 Å². The highest BCUT2D eigenvalue weighted by Gasteiger charge is 2.14. The molecule has 0 saturated carbocycles. The van der Waals surface area contributed by atoms with Crippen LogP contribution >= 0.6 is 23.7 Å². The fraction of sp³-hybridized carbons (Fsp3) is 0.400. The van der Waals surface area contributed by atoms with E-state index in [9.17, 15) is 4.79 Å². The van der Waals surface area contributed by atoms with Gasteiger partial charge in [0.05, 0.1) is 4.88 Å². The first-order valence-electron chi connectivity index (χ1n) is 6.74. The Kier molecular flexibility index (Phi) is 6.99. The predicted molar refractivity (Wildman–Crippen MR) is 88.9 cm³/mol. The molecule has 0 fully saturated rings. The molecule has 2 aromatic rings. The molecule has 0 aliphatic carbocycles. The second kappa shape index (κ2) is 8.25. The summed E-state index contributed by atoms with van der Waals surface area (Å²) in [6, 6.07) is 10.1. The van der Waals surface area contributed by atoms with E-state index in [4.69, 9.17) is 5.73 Å². The molecule has 1 heterocycles. The average molecular weight is 313 g/mol. The van der Waals surface area contributed by atoms with E-state index in [1.807, 2.05) is 30.3 Å². The van der Waals surface area contributed by atoms with E-state index < -0.39 is 0 Å². The molecular formula is C15H21ClN2OS. The van der Waals surface area contributed by atoms with Crippen molar-refractivity contribution in [3.8, 4) is 0 Å². The van der Waals surface area contributed by atoms with E-state index in [0.29, 0.717) is 6.54 Å². The van der Waals surface area contributed by atoms with Gasteiger partial charge in [-0.3, -0.25) is 4.79 Å². The van der Waals surface area contributed by atoms with E-state index in [-0.39, 0.29) is 24.4 Å². The molecule has 0 saturated heterocycles. The smallest absolute Gasteiger partial charge is 0.261 e. The van der Waals surface area contributed by atoms with Crippen molar-refractivity contribution >= 4 is 39.7 Å². The van der Waals surface area contributed by atoms with E-state index in [1.165, 1.54) is 11.3 Å². The number of nitrogens with two attached hydrogens (primary N) is 1. The van der Waals surface area contributed by atoms with Crippen LogP contribution in [0.3, 0.4) is 0 Å². The van der Waals surface area contributed by atoms with Crippen molar-refractivity contribution in [3.63, 3.8) is 0 Å². The summed E-state index contributed by atoms with van der Waals surface area (Å²) in [7, 11) is 0. The third kappa shape index (κ3) is 4.20. The maximum atomic E-state index is 12.2. The first-order valence-corrected chi connectivity index (χ1v) is 7.55. The number of unbranched alkanes of at least 4 members (excludes halogenated alkanes) is 1. The van der Waals surface area contributed by atoms with Crippen molar-refractivity contribution in [2.24, 2.45) is 5.73 Å². The largest absolute Gasteiger partial charge is 0.347 e. The number of hydrogen-bond donors (Lipinski definition) is 2. The van der Waals surface area contributed by atoms with Gasteiger partial charge in [0.2, 0.25) is 0 Å². The normalized spacial score (nSPS) is 11.9. The van der Waals surface area contributed by atoms with Crippen molar-refractivity contribution in [3.05, 3.63) is 35.2 Å². The molecule has 1 unspecified atom stereocenters. The number of rotatable bonds is 6. The van der Waals surface area contributed by atoms with E-state index in [2.05, 4.69) is 12.2 Å². The molecule has 0 bridgehead atoms. The van der Waals surface area contributed by atoms with Crippen LogP contribution in [0.1, 0.15) is 35.9 Å². The van der Waals surface area contributed by atoms with Gasteiger partial charge in [-0.15, -0.1) is 23.7 Å². The van der Waals surface area contributed by atoms with Crippen LogP contribution in [0.25, 0.3) is 10.1 Å². The zero-order valence-corrected chi connectivity index (χ0v) is 13.2. The van der Waals surface area contributed by atoms with Gasteiger partial charge in [-0.05, 0) is 23.9 Å². The molecule has 5 heteroatoms. The van der Waals surface area contributed by atoms with E-state index in [1.54, 1.807) is 0 Å². The summed E-state index contributed by atoms with van der Waals surface area (Å²) < 4.78 is 1.14. The number of carbonyl (C=O) groups is 1. The summed E-state index contributed by atoms with van der Waals surface area (Å²) in [4.78, 5) is 13.0. The molecule has 1 aromatic carbocycles. The molecule has 2 rings (SSSR count). The minimum absolute atomic E-state index is 0. The van der Waals surface area contributed by atoms with Crippen LogP contribution in [-0.2, 0) is 0 Å². The lowest BCUT2D eigenvalue weighted by molar-refractivity contribution is 0.0940. The summed E-state index contributed by atoms with van der Waals surface area (Å²) in [6.07, 6.45) is 3.16. The molecule has 3 N–H and O–H groups in total. The predicted octanol–water partition coefficient (Wildman–Crippen LogP) is 3.57. The van der Waals surface area contributed by atoms with Crippen LogP contribution in [0, 0.1) is 0 Å². The minimum Gasteiger partial charge on any atom is -0.347 e. The molecule has 0 spiro atoms. The Morgan fingerprint density at radius 1 is 1.40 bits per heavy atom. The monoisotopic (exact) mass is 312 g/mol. The van der Waals surface area contributed by atoms with Crippen molar-refractivity contribution in [2.75, 3.05) is 6.54 Å². The first-order chi connectivity index (χ1) is 9.24. The summed E-state index contributed by atoms with van der Waals surface area (Å²) >= 11 is 1.53. The van der Waals surface area contributed by atoms with Gasteiger partial charge in [-0.2, -0.15) is 0 Å². The fourth-order valence-electron chi connectivity index (χ4n) is 2.05. The average Bonchev–Trinajstić information content (AvgIpc) is 2.87. The van der Waals surface area contributed by atoms with Crippen molar-refractivity contribution in [1.29, 1.82) is 0 Å². The lowest BCUT2D eigenvalue weighted by atomic mass is 10.1. The number of nitrogens with one attached hydrogen (secondary N) is 1. The maximum Gasteiger partial charge on any atom is 0.261 e. The van der Waals surface area contributed by atoms with Gasteiger partial charge in [-0.25, -0.2) is 0 Å². The molecule has 110 valence electrons. The number of benzene rings is 1. The molecular weight excluding hydrogens is 292 g/mol. The molecule has 0 radical (unpaired) electrons. The highest BCUT2D eigenvalue weighted by atomic mass is 35.5. The second-order valence-corrected chi connectivity index (χ2v) is 5.78. The molecule has 3 nitrogen and oxygen atoms in total. The SMILES string of the molecule is CCCCC(CN)NC(=O)c1cc2ccccc2s1.Cl. The van der Waals surface area contributed by atoms with Crippen LogP contribution < -0.4 is 11.1 Å². The molecule has 0 aliphatic heterocycles. The van der Waals surface area contributed by atoms with Crippen molar-refractivity contribution < 1.29 is 4.79 Å². The number of amides is 1. The zero-order chi connectivity index (χ0) is 13.7. The highest BCUT2D eigenvalue weighted by Crippen LogP contribution is 2.25. The summed E-state index contributed by atoms with van der Waals surface area (Å²) in [5.74, 6) is -0.00671. The standard InChI is InChI=1S/C15H20N2OS.ClH/c1-2-3-7-12(10-16)17-15(18)14-9-11-6-4-5-8-13(11)19-14;/h4-6,8-9,12H,2-3,7,10,16H2,1H3,(H,17,18);1H. The van der Waals surface area contributed by atoms with Gasteiger partial charge >= 0.3 is 0 Å². The summed E-state index contributed by atoms with van der Waals surface area (Å²) in [5.41, 5.74) is 5.70. The Bertz CT molecular complexity index is 523. The van der Waals surface area contributed by atoms with Gasteiger partial charge in [-0.1, -0.05) is 38.0 Å². The number of halogens is 1. The third-order valence-electron chi connectivity index (χ3n) is 3.18. The van der Waals surface area contributed by atoms with Gasteiger partial charge in [0.1, 0.15) is 0 Å². The zero-order valence-electron chi connectivity index (χ0n) is 11.6. The topological polar surface area (TPSA) is 55.1 Å². The number of carbonyl (C=O) groups excluding carboxylic acids is 1. The van der Waals surface area contributed by atoms with Crippen molar-refractivity contribution in [2.45, 2.75) is 32.2 Å². The lowest BCUT2D eigenvalue weighted by Gasteiger charge is -2.15. The molecule has 1 amide bonds. The molecule has 0 aliphatic rings. The van der Waals surface area contributed by atoms with E-state index in [0.717, 1.165) is 34.2 Å². The van der Waals surface area contributed by atoms with Crippen LogP contribution in [0.2, 0.25) is 0 Å². The minimum atomic E-state index is -0.00671. The summed E-state index contributed by atoms with van der Waals surface area (Å²) in [5, 5.41) is 4.15. The lowest BCUT2D eigenvalue weighted by Crippen LogP contribution is -2.39. The number of thiophene rings is 1. The van der Waals surface area contributed by atoms with Crippen LogP contribution in [0.4, 0.5) is 0 Å². The van der Waals surface area contributed by atoms with Gasteiger partial charge in [0.15, 0.2) is 0 Å². The Morgan fingerprint density at radius 3 is 2.80 bits per heavy atom. The van der Waals surface area contributed by atoms with Crippen LogP contribution in [-0.4, -0.2) is 18.5 Å². The van der Waals surface area contributed by atoms with Gasteiger partial charge < -0.3 is 11.1 Å². The quantitative estimate of drug-likeness (QED) is 0.856. The number of hydrogen-bond acceptors (Lipinski definition) is 3. The molecule has 1 aromatic heterocycles. The third-order valence-corrected chi connectivity index (χ3v) is 4.29. The Morgan fingerprint density at radius 2 is 2.15 bits per heavy atom. The van der Waals surface area contributed by atoms with Crippen LogP contribution in [0.15, 0.2) is 30.3 Å². The summed E-state index contributed by atoms with van der Waals surface area (Å²) in [6.45, 7) is 2.64. The van der Waals surface area contributed by atoms with E-state index >= 15 is 0 Å². The highest BCUT2D eigenvalue weighted by molar-refractivity contribution is 7.20.